The van der Waals surface area contributed by atoms with E-state index in [0.717, 1.165) is 4.47 Å². The molecule has 0 heterocycles. The summed E-state index contributed by atoms with van der Waals surface area (Å²) in [6.07, 6.45) is 0.116. The zero-order chi connectivity index (χ0) is 14.0. The first-order valence-electron chi connectivity index (χ1n) is 5.39. The van der Waals surface area contributed by atoms with Crippen LogP contribution >= 0.6 is 43.5 Å². The number of Topliss-reactive ketones (excluding diaryl/α,β-unsaturated/α-hetero) is 1. The summed E-state index contributed by atoms with van der Waals surface area (Å²) in [4.78, 5) is 12.2. The highest BCUT2D eigenvalue weighted by Crippen LogP contribution is 2.23. The normalized spacial score (nSPS) is 10.5. The minimum Gasteiger partial charge on any atom is -0.294 e. The van der Waals surface area contributed by atoms with Crippen LogP contribution in [0.2, 0.25) is 5.02 Å². The van der Waals surface area contributed by atoms with Crippen LogP contribution in [0.3, 0.4) is 0 Å². The van der Waals surface area contributed by atoms with Gasteiger partial charge in [-0.1, -0.05) is 43.5 Å². The average molecular weight is 406 g/mol. The van der Waals surface area contributed by atoms with E-state index in [1.165, 1.54) is 12.1 Å². The maximum absolute atomic E-state index is 13.2. The molecule has 0 fully saturated rings. The SMILES string of the molecule is O=C(Cc1cc(F)ccc1Br)c1cc(Cl)cc(Br)c1. The van der Waals surface area contributed by atoms with Crippen molar-refractivity contribution < 1.29 is 9.18 Å². The third-order valence-corrected chi connectivity index (χ3v) is 3.99. The van der Waals surface area contributed by atoms with Crippen molar-refractivity contribution in [3.8, 4) is 0 Å². The molecule has 0 aliphatic heterocycles. The number of ketones is 1. The van der Waals surface area contributed by atoms with Crippen molar-refractivity contribution in [1.82, 2.24) is 0 Å². The lowest BCUT2D eigenvalue weighted by atomic mass is 10.0. The Morgan fingerprint density at radius 3 is 2.58 bits per heavy atom. The third-order valence-electron chi connectivity index (χ3n) is 2.54. The van der Waals surface area contributed by atoms with Gasteiger partial charge in [-0.15, -0.1) is 0 Å². The number of hydrogen-bond donors (Lipinski definition) is 0. The Balaban J connectivity index is 2.28. The van der Waals surface area contributed by atoms with Crippen LogP contribution < -0.4 is 0 Å². The van der Waals surface area contributed by atoms with Crippen LogP contribution in [0.4, 0.5) is 4.39 Å². The van der Waals surface area contributed by atoms with Crippen molar-refractivity contribution in [2.45, 2.75) is 6.42 Å². The summed E-state index contributed by atoms with van der Waals surface area (Å²) in [6, 6.07) is 9.28. The van der Waals surface area contributed by atoms with E-state index in [-0.39, 0.29) is 18.0 Å². The maximum Gasteiger partial charge on any atom is 0.167 e. The third kappa shape index (κ3) is 3.88. The monoisotopic (exact) mass is 404 g/mol. The molecule has 98 valence electrons. The van der Waals surface area contributed by atoms with E-state index in [2.05, 4.69) is 31.9 Å². The van der Waals surface area contributed by atoms with Gasteiger partial charge in [-0.3, -0.25) is 4.79 Å². The van der Waals surface area contributed by atoms with Gasteiger partial charge in [0, 0.05) is 26.0 Å². The largest absolute Gasteiger partial charge is 0.294 e. The quantitative estimate of drug-likeness (QED) is 0.621. The molecule has 0 saturated heterocycles. The van der Waals surface area contributed by atoms with Crippen molar-refractivity contribution in [2.75, 3.05) is 0 Å². The molecule has 0 unspecified atom stereocenters. The van der Waals surface area contributed by atoms with Gasteiger partial charge in [-0.05, 0) is 42.0 Å². The zero-order valence-corrected chi connectivity index (χ0v) is 13.5. The minimum absolute atomic E-state index is 0.116. The fourth-order valence-electron chi connectivity index (χ4n) is 1.67. The van der Waals surface area contributed by atoms with E-state index in [9.17, 15) is 9.18 Å². The molecule has 1 nitrogen and oxygen atoms in total. The van der Waals surface area contributed by atoms with Gasteiger partial charge in [0.05, 0.1) is 0 Å². The Bertz CT molecular complexity index is 623. The van der Waals surface area contributed by atoms with Crippen LogP contribution in [-0.4, -0.2) is 5.78 Å². The topological polar surface area (TPSA) is 17.1 Å². The van der Waals surface area contributed by atoms with Crippen LogP contribution in [0.5, 0.6) is 0 Å². The Morgan fingerprint density at radius 1 is 1.16 bits per heavy atom. The van der Waals surface area contributed by atoms with Gasteiger partial charge in [0.2, 0.25) is 0 Å². The molecule has 0 saturated carbocycles. The van der Waals surface area contributed by atoms with Gasteiger partial charge in [0.25, 0.3) is 0 Å². The van der Waals surface area contributed by atoms with Crippen molar-refractivity contribution in [2.24, 2.45) is 0 Å². The summed E-state index contributed by atoms with van der Waals surface area (Å²) >= 11 is 12.5. The average Bonchev–Trinajstić information content (AvgIpc) is 2.32. The molecular formula is C14H8Br2ClFO. The van der Waals surface area contributed by atoms with Crippen LogP contribution in [0.15, 0.2) is 45.3 Å². The molecule has 0 atom stereocenters. The second-order valence-corrected chi connectivity index (χ2v) is 6.20. The van der Waals surface area contributed by atoms with E-state index in [1.807, 2.05) is 0 Å². The van der Waals surface area contributed by atoms with E-state index in [1.54, 1.807) is 24.3 Å². The predicted octanol–water partition coefficient (Wildman–Crippen LogP) is 5.43. The number of rotatable bonds is 3. The summed E-state index contributed by atoms with van der Waals surface area (Å²) in [5, 5.41) is 0.482. The van der Waals surface area contributed by atoms with E-state index in [4.69, 9.17) is 11.6 Å². The smallest absolute Gasteiger partial charge is 0.167 e. The molecule has 0 bridgehead atoms. The molecule has 5 heteroatoms. The predicted molar refractivity (Wildman–Crippen MR) is 81.3 cm³/mol. The molecule has 2 rings (SSSR count). The Hall–Kier alpha value is -0.710. The Morgan fingerprint density at radius 2 is 1.89 bits per heavy atom. The maximum atomic E-state index is 13.2. The first-order chi connectivity index (χ1) is 8.95. The van der Waals surface area contributed by atoms with Crippen molar-refractivity contribution in [3.05, 3.63) is 67.3 Å². The second kappa shape index (κ2) is 6.16. The lowest BCUT2D eigenvalue weighted by Gasteiger charge is -2.05. The van der Waals surface area contributed by atoms with Crippen molar-refractivity contribution in [3.63, 3.8) is 0 Å². The standard InChI is InChI=1S/C14H8Br2ClFO/c15-10-3-9(4-11(17)7-10)14(19)6-8-5-12(18)1-2-13(8)16/h1-5,7H,6H2. The van der Waals surface area contributed by atoms with Gasteiger partial charge in [-0.2, -0.15) is 0 Å². The minimum atomic E-state index is -0.363. The number of carbonyl (C=O) groups is 1. The van der Waals surface area contributed by atoms with E-state index in [0.29, 0.717) is 20.6 Å². The molecule has 0 aromatic heterocycles. The van der Waals surface area contributed by atoms with Gasteiger partial charge < -0.3 is 0 Å². The summed E-state index contributed by atoms with van der Waals surface area (Å²) in [6.45, 7) is 0. The fourth-order valence-corrected chi connectivity index (χ4v) is 2.92. The molecule has 19 heavy (non-hydrogen) atoms. The highest BCUT2D eigenvalue weighted by Gasteiger charge is 2.11. The molecule has 2 aromatic carbocycles. The van der Waals surface area contributed by atoms with Gasteiger partial charge in [0.1, 0.15) is 5.82 Å². The molecule has 0 amide bonds. The van der Waals surface area contributed by atoms with Crippen LogP contribution in [0.1, 0.15) is 15.9 Å². The molecule has 0 radical (unpaired) electrons. The fraction of sp³-hybridized carbons (Fsp3) is 0.0714. The molecule has 2 aromatic rings. The zero-order valence-electron chi connectivity index (χ0n) is 9.59. The van der Waals surface area contributed by atoms with Crippen molar-refractivity contribution in [1.29, 1.82) is 0 Å². The van der Waals surface area contributed by atoms with Crippen LogP contribution in [0, 0.1) is 5.82 Å². The number of carbonyl (C=O) groups excluding carboxylic acids is 1. The first-order valence-corrected chi connectivity index (χ1v) is 7.35. The van der Waals surface area contributed by atoms with Gasteiger partial charge in [-0.25, -0.2) is 4.39 Å². The first kappa shape index (κ1) is 14.7. The van der Waals surface area contributed by atoms with Gasteiger partial charge >= 0.3 is 0 Å². The highest BCUT2D eigenvalue weighted by molar-refractivity contribution is 9.10. The molecule has 0 aliphatic carbocycles. The van der Waals surface area contributed by atoms with Crippen molar-refractivity contribution >= 4 is 49.2 Å². The number of halogens is 4. The molecule has 0 spiro atoms. The summed E-state index contributed by atoms with van der Waals surface area (Å²) < 4.78 is 14.6. The summed E-state index contributed by atoms with van der Waals surface area (Å²) in [5.74, 6) is -0.479. The summed E-state index contributed by atoms with van der Waals surface area (Å²) in [5.41, 5.74) is 1.11. The Kier molecular flexibility index (Phi) is 4.76. The lowest BCUT2D eigenvalue weighted by Crippen LogP contribution is -2.04. The molecular weight excluding hydrogens is 398 g/mol. The highest BCUT2D eigenvalue weighted by atomic mass is 79.9. The summed E-state index contributed by atoms with van der Waals surface area (Å²) in [7, 11) is 0. The van der Waals surface area contributed by atoms with E-state index < -0.39 is 0 Å². The number of benzene rings is 2. The van der Waals surface area contributed by atoms with E-state index >= 15 is 0 Å². The van der Waals surface area contributed by atoms with Crippen LogP contribution in [0.25, 0.3) is 0 Å². The molecule has 0 aliphatic rings. The second-order valence-electron chi connectivity index (χ2n) is 3.99. The lowest BCUT2D eigenvalue weighted by molar-refractivity contribution is 0.0992. The number of hydrogen-bond acceptors (Lipinski definition) is 1. The van der Waals surface area contributed by atoms with Gasteiger partial charge in [0.15, 0.2) is 5.78 Å². The van der Waals surface area contributed by atoms with Crippen LogP contribution in [-0.2, 0) is 6.42 Å². The Labute approximate surface area is 132 Å². The molecule has 0 N–H and O–H groups in total.